The van der Waals surface area contributed by atoms with Crippen molar-refractivity contribution in [3.05, 3.63) is 35.4 Å². The van der Waals surface area contributed by atoms with Crippen LogP contribution in [0.5, 0.6) is 0 Å². The molecule has 3 nitrogen and oxygen atoms in total. The van der Waals surface area contributed by atoms with Gasteiger partial charge in [0.2, 0.25) is 5.91 Å². The van der Waals surface area contributed by atoms with Crippen molar-refractivity contribution in [2.45, 2.75) is 45.2 Å². The van der Waals surface area contributed by atoms with Gasteiger partial charge in [-0.25, -0.2) is 8.78 Å². The maximum atomic E-state index is 13.5. The second-order valence-electron chi connectivity index (χ2n) is 4.79. The van der Waals surface area contributed by atoms with Crippen LogP contribution < -0.4 is 11.1 Å². The van der Waals surface area contributed by atoms with Crippen LogP contribution in [0.15, 0.2) is 18.2 Å². The number of carbonyl (C=O) groups excluding carboxylic acids is 1. The van der Waals surface area contributed by atoms with E-state index in [1.54, 1.807) is 6.92 Å². The minimum atomic E-state index is -0.691. The van der Waals surface area contributed by atoms with Gasteiger partial charge in [0.05, 0.1) is 6.04 Å². The van der Waals surface area contributed by atoms with Crippen LogP contribution in [0.2, 0.25) is 0 Å². The van der Waals surface area contributed by atoms with Crippen LogP contribution in [-0.2, 0) is 4.79 Å². The number of rotatable bonds is 6. The topological polar surface area (TPSA) is 55.1 Å². The van der Waals surface area contributed by atoms with E-state index >= 15 is 0 Å². The molecule has 1 aromatic carbocycles. The molecule has 0 aromatic heterocycles. The minimum Gasteiger partial charge on any atom is -0.349 e. The van der Waals surface area contributed by atoms with E-state index < -0.39 is 17.7 Å². The summed E-state index contributed by atoms with van der Waals surface area (Å²) in [6, 6.07) is 3.01. The SMILES string of the molecule is CC(N)CCCC(=O)NC(C)c1c(F)cccc1F. The number of nitrogens with one attached hydrogen (secondary N) is 1. The van der Waals surface area contributed by atoms with E-state index in [4.69, 9.17) is 5.73 Å². The summed E-state index contributed by atoms with van der Waals surface area (Å²) < 4.78 is 27.0. The van der Waals surface area contributed by atoms with E-state index in [9.17, 15) is 13.6 Å². The molecular weight excluding hydrogens is 250 g/mol. The summed E-state index contributed by atoms with van der Waals surface area (Å²) in [7, 11) is 0. The summed E-state index contributed by atoms with van der Waals surface area (Å²) in [5.74, 6) is -1.53. The Hall–Kier alpha value is -1.49. The molecule has 2 atom stereocenters. The van der Waals surface area contributed by atoms with Crippen LogP contribution >= 0.6 is 0 Å². The van der Waals surface area contributed by atoms with E-state index in [0.717, 1.165) is 6.42 Å². The lowest BCUT2D eigenvalue weighted by Gasteiger charge is -2.16. The van der Waals surface area contributed by atoms with Crippen molar-refractivity contribution in [2.24, 2.45) is 5.73 Å². The lowest BCUT2D eigenvalue weighted by molar-refractivity contribution is -0.121. The summed E-state index contributed by atoms with van der Waals surface area (Å²) in [6.07, 6.45) is 1.72. The highest BCUT2D eigenvalue weighted by atomic mass is 19.1. The molecule has 0 aliphatic heterocycles. The highest BCUT2D eigenvalue weighted by Crippen LogP contribution is 2.20. The molecule has 1 aromatic rings. The number of benzene rings is 1. The number of hydrogen-bond donors (Lipinski definition) is 2. The Balaban J connectivity index is 2.55. The molecule has 106 valence electrons. The third kappa shape index (κ3) is 4.95. The Morgan fingerprint density at radius 2 is 1.89 bits per heavy atom. The maximum absolute atomic E-state index is 13.5. The Labute approximate surface area is 112 Å². The molecule has 0 heterocycles. The minimum absolute atomic E-state index is 0.0502. The van der Waals surface area contributed by atoms with Gasteiger partial charge in [-0.2, -0.15) is 0 Å². The number of carbonyl (C=O) groups is 1. The van der Waals surface area contributed by atoms with E-state index in [-0.39, 0.29) is 17.5 Å². The Morgan fingerprint density at radius 3 is 2.42 bits per heavy atom. The fourth-order valence-electron chi connectivity index (χ4n) is 1.89. The van der Waals surface area contributed by atoms with Gasteiger partial charge in [-0.3, -0.25) is 4.79 Å². The lowest BCUT2D eigenvalue weighted by Crippen LogP contribution is -2.28. The largest absolute Gasteiger partial charge is 0.349 e. The monoisotopic (exact) mass is 270 g/mol. The molecule has 19 heavy (non-hydrogen) atoms. The van der Waals surface area contributed by atoms with Crippen LogP contribution in [0.1, 0.15) is 44.7 Å². The van der Waals surface area contributed by atoms with Crippen LogP contribution in [-0.4, -0.2) is 11.9 Å². The van der Waals surface area contributed by atoms with Gasteiger partial charge in [0, 0.05) is 18.0 Å². The molecule has 0 fully saturated rings. The Morgan fingerprint density at radius 1 is 1.32 bits per heavy atom. The second-order valence-corrected chi connectivity index (χ2v) is 4.79. The van der Waals surface area contributed by atoms with Crippen LogP contribution in [0.25, 0.3) is 0 Å². The first-order valence-electron chi connectivity index (χ1n) is 6.40. The van der Waals surface area contributed by atoms with Crippen molar-refractivity contribution in [1.29, 1.82) is 0 Å². The standard InChI is InChI=1S/C14H20F2N2O/c1-9(17)5-3-8-13(19)18-10(2)14-11(15)6-4-7-12(14)16/h4,6-7,9-10H,3,5,8,17H2,1-2H3,(H,18,19). The zero-order chi connectivity index (χ0) is 14.4. The first-order valence-corrected chi connectivity index (χ1v) is 6.40. The average Bonchev–Trinajstić information content (AvgIpc) is 2.27. The average molecular weight is 270 g/mol. The molecule has 5 heteroatoms. The second kappa shape index (κ2) is 7.19. The normalized spacial score (nSPS) is 13.9. The molecule has 2 unspecified atom stereocenters. The zero-order valence-corrected chi connectivity index (χ0v) is 11.2. The van der Waals surface area contributed by atoms with Gasteiger partial charge in [0.25, 0.3) is 0 Å². The van der Waals surface area contributed by atoms with Crippen molar-refractivity contribution in [2.75, 3.05) is 0 Å². The molecule has 1 amide bonds. The van der Waals surface area contributed by atoms with Gasteiger partial charge in [-0.15, -0.1) is 0 Å². The predicted octanol–water partition coefficient (Wildman–Crippen LogP) is 2.66. The summed E-state index contributed by atoms with van der Waals surface area (Å²) in [6.45, 7) is 3.43. The van der Waals surface area contributed by atoms with Crippen molar-refractivity contribution in [1.82, 2.24) is 5.32 Å². The Bertz CT molecular complexity index is 415. The van der Waals surface area contributed by atoms with E-state index in [0.29, 0.717) is 12.8 Å². The molecule has 3 N–H and O–H groups in total. The van der Waals surface area contributed by atoms with Crippen molar-refractivity contribution in [3.63, 3.8) is 0 Å². The maximum Gasteiger partial charge on any atom is 0.220 e. The molecule has 0 saturated heterocycles. The first kappa shape index (κ1) is 15.6. The summed E-state index contributed by atoms with van der Waals surface area (Å²) in [4.78, 5) is 11.6. The summed E-state index contributed by atoms with van der Waals surface area (Å²) in [5, 5.41) is 2.59. The van der Waals surface area contributed by atoms with Crippen molar-refractivity contribution < 1.29 is 13.6 Å². The third-order valence-electron chi connectivity index (χ3n) is 2.87. The number of amides is 1. The highest BCUT2D eigenvalue weighted by molar-refractivity contribution is 5.76. The van der Waals surface area contributed by atoms with E-state index in [1.807, 2.05) is 6.92 Å². The molecule has 0 spiro atoms. The summed E-state index contributed by atoms with van der Waals surface area (Å²) in [5.41, 5.74) is 5.47. The number of nitrogens with two attached hydrogens (primary N) is 1. The van der Waals surface area contributed by atoms with E-state index in [1.165, 1.54) is 18.2 Å². The molecule has 0 radical (unpaired) electrons. The van der Waals surface area contributed by atoms with Crippen molar-refractivity contribution in [3.8, 4) is 0 Å². The number of hydrogen-bond acceptors (Lipinski definition) is 2. The van der Waals surface area contributed by atoms with Gasteiger partial charge in [0.1, 0.15) is 11.6 Å². The molecule has 0 aliphatic carbocycles. The van der Waals surface area contributed by atoms with Gasteiger partial charge in [0.15, 0.2) is 0 Å². The molecule has 0 aliphatic rings. The van der Waals surface area contributed by atoms with Gasteiger partial charge >= 0.3 is 0 Å². The van der Waals surface area contributed by atoms with Crippen LogP contribution in [0.3, 0.4) is 0 Å². The molecule has 0 bridgehead atoms. The zero-order valence-electron chi connectivity index (χ0n) is 11.2. The van der Waals surface area contributed by atoms with Crippen molar-refractivity contribution >= 4 is 5.91 Å². The van der Waals surface area contributed by atoms with Gasteiger partial charge in [-0.05, 0) is 38.8 Å². The Kier molecular flexibility index (Phi) is 5.89. The van der Waals surface area contributed by atoms with Crippen LogP contribution in [0, 0.1) is 11.6 Å². The number of halogens is 2. The fourth-order valence-corrected chi connectivity index (χ4v) is 1.89. The smallest absolute Gasteiger partial charge is 0.220 e. The first-order chi connectivity index (χ1) is 8.91. The highest BCUT2D eigenvalue weighted by Gasteiger charge is 2.17. The lowest BCUT2D eigenvalue weighted by atomic mass is 10.1. The van der Waals surface area contributed by atoms with Gasteiger partial charge < -0.3 is 11.1 Å². The quantitative estimate of drug-likeness (QED) is 0.835. The van der Waals surface area contributed by atoms with Crippen LogP contribution in [0.4, 0.5) is 8.78 Å². The predicted molar refractivity (Wildman–Crippen MR) is 70.4 cm³/mol. The molecule has 1 rings (SSSR count). The summed E-state index contributed by atoms with van der Waals surface area (Å²) >= 11 is 0. The third-order valence-corrected chi connectivity index (χ3v) is 2.87. The molecular formula is C14H20F2N2O. The molecule has 0 saturated carbocycles. The van der Waals surface area contributed by atoms with E-state index in [2.05, 4.69) is 5.32 Å². The van der Waals surface area contributed by atoms with Gasteiger partial charge in [-0.1, -0.05) is 6.07 Å². The fraction of sp³-hybridized carbons (Fsp3) is 0.500.